The van der Waals surface area contributed by atoms with E-state index in [9.17, 15) is 0 Å². The van der Waals surface area contributed by atoms with Gasteiger partial charge in [-0.15, -0.1) is 0 Å². The summed E-state index contributed by atoms with van der Waals surface area (Å²) >= 11 is 0. The van der Waals surface area contributed by atoms with Crippen LogP contribution in [0.2, 0.25) is 0 Å². The van der Waals surface area contributed by atoms with E-state index >= 15 is 0 Å². The summed E-state index contributed by atoms with van der Waals surface area (Å²) in [6.45, 7) is 1.84. The number of aryl methyl sites for hydroxylation is 2. The molecule has 0 spiro atoms. The van der Waals surface area contributed by atoms with Gasteiger partial charge >= 0.3 is 0 Å². The van der Waals surface area contributed by atoms with Crippen LogP contribution in [0.15, 0.2) is 60.9 Å². The molecule has 0 aliphatic heterocycles. The molecule has 3 heterocycles. The average molecular weight is 356 g/mol. The molecule has 0 amide bonds. The Labute approximate surface area is 154 Å². The summed E-state index contributed by atoms with van der Waals surface area (Å²) in [6, 6.07) is 15.9. The predicted molar refractivity (Wildman–Crippen MR) is 102 cm³/mol. The minimum absolute atomic E-state index is 0.503. The molecule has 0 unspecified atom stereocenters. The molecule has 0 atom stereocenters. The lowest BCUT2D eigenvalue weighted by Gasteiger charge is -2.08. The third-order valence-corrected chi connectivity index (χ3v) is 4.44. The molecule has 0 fully saturated rings. The van der Waals surface area contributed by atoms with E-state index in [0.717, 1.165) is 27.6 Å². The van der Waals surface area contributed by atoms with Gasteiger partial charge in [0.05, 0.1) is 23.6 Å². The molecule has 132 valence electrons. The topological polar surface area (TPSA) is 70.7 Å². The first-order valence-corrected chi connectivity index (χ1v) is 8.56. The van der Waals surface area contributed by atoms with Gasteiger partial charge in [0.15, 0.2) is 5.65 Å². The Bertz CT molecular complexity index is 1270. The number of benzene rings is 2. The summed E-state index contributed by atoms with van der Waals surface area (Å²) < 4.78 is 9.63. The Morgan fingerprint density at radius 3 is 2.56 bits per heavy atom. The van der Waals surface area contributed by atoms with Crippen LogP contribution in [0.1, 0.15) is 5.82 Å². The zero-order chi connectivity index (χ0) is 18.4. The van der Waals surface area contributed by atoms with Crippen LogP contribution in [0.25, 0.3) is 27.6 Å². The smallest absolute Gasteiger partial charge is 0.233 e. The molecule has 7 heteroatoms. The molecule has 7 nitrogen and oxygen atoms in total. The summed E-state index contributed by atoms with van der Waals surface area (Å²) in [5.41, 5.74) is 2.78. The Morgan fingerprint density at radius 2 is 1.70 bits per heavy atom. The molecule has 0 bridgehead atoms. The van der Waals surface area contributed by atoms with Gasteiger partial charge in [-0.25, -0.2) is 9.67 Å². The maximum Gasteiger partial charge on any atom is 0.233 e. The molecule has 0 saturated heterocycles. The highest BCUT2D eigenvalue weighted by Gasteiger charge is 2.12. The Balaban J connectivity index is 1.50. The molecule has 0 N–H and O–H groups in total. The number of para-hydroxylation sites is 1. The van der Waals surface area contributed by atoms with Crippen molar-refractivity contribution in [2.24, 2.45) is 7.05 Å². The van der Waals surface area contributed by atoms with Gasteiger partial charge in [-0.3, -0.25) is 4.68 Å². The Hall–Kier alpha value is -3.74. The van der Waals surface area contributed by atoms with E-state index < -0.39 is 0 Å². The zero-order valence-electron chi connectivity index (χ0n) is 14.9. The fourth-order valence-electron chi connectivity index (χ4n) is 3.12. The van der Waals surface area contributed by atoms with Gasteiger partial charge in [0.1, 0.15) is 17.0 Å². The van der Waals surface area contributed by atoms with Crippen LogP contribution in [0, 0.1) is 6.92 Å². The first-order chi connectivity index (χ1) is 13.2. The van der Waals surface area contributed by atoms with Gasteiger partial charge in [0.25, 0.3) is 0 Å². The molecule has 0 radical (unpaired) electrons. The highest BCUT2D eigenvalue weighted by Crippen LogP contribution is 2.28. The second-order valence-electron chi connectivity index (χ2n) is 6.29. The number of nitrogens with zero attached hydrogens (tertiary/aromatic N) is 6. The van der Waals surface area contributed by atoms with E-state index in [-0.39, 0.29) is 0 Å². The molecular formula is C20H16N6O. The van der Waals surface area contributed by atoms with E-state index in [4.69, 9.17) is 4.74 Å². The molecule has 5 rings (SSSR count). The van der Waals surface area contributed by atoms with Gasteiger partial charge in [-0.05, 0) is 37.3 Å². The summed E-state index contributed by atoms with van der Waals surface area (Å²) in [4.78, 5) is 8.83. The van der Waals surface area contributed by atoms with Crippen LogP contribution < -0.4 is 4.74 Å². The first kappa shape index (κ1) is 15.5. The number of hydrogen-bond acceptors (Lipinski definition) is 5. The van der Waals surface area contributed by atoms with Crippen molar-refractivity contribution in [3.05, 3.63) is 66.7 Å². The number of fused-ring (bicyclic) bond motifs is 2. The van der Waals surface area contributed by atoms with Crippen LogP contribution in [-0.4, -0.2) is 29.5 Å². The first-order valence-electron chi connectivity index (χ1n) is 8.56. The molecule has 3 aromatic heterocycles. The van der Waals surface area contributed by atoms with Crippen molar-refractivity contribution in [2.75, 3.05) is 0 Å². The normalized spacial score (nSPS) is 11.3. The maximum atomic E-state index is 6.01. The largest absolute Gasteiger partial charge is 0.438 e. The molecule has 0 saturated carbocycles. The van der Waals surface area contributed by atoms with Crippen molar-refractivity contribution in [2.45, 2.75) is 6.92 Å². The second-order valence-corrected chi connectivity index (χ2v) is 6.29. The summed E-state index contributed by atoms with van der Waals surface area (Å²) in [5, 5.41) is 10.6. The van der Waals surface area contributed by atoms with Gasteiger partial charge < -0.3 is 4.74 Å². The minimum atomic E-state index is 0.503. The van der Waals surface area contributed by atoms with Crippen LogP contribution >= 0.6 is 0 Å². The summed E-state index contributed by atoms with van der Waals surface area (Å²) in [5.74, 6) is 1.84. The molecule has 27 heavy (non-hydrogen) atoms. The van der Waals surface area contributed by atoms with Gasteiger partial charge in [-0.1, -0.05) is 18.2 Å². The zero-order valence-corrected chi connectivity index (χ0v) is 14.9. The highest BCUT2D eigenvalue weighted by molar-refractivity contribution is 5.81. The van der Waals surface area contributed by atoms with Crippen molar-refractivity contribution < 1.29 is 4.74 Å². The lowest BCUT2D eigenvalue weighted by Crippen LogP contribution is -1.98. The number of hydrogen-bond donors (Lipinski definition) is 0. The third-order valence-electron chi connectivity index (χ3n) is 4.44. The lowest BCUT2D eigenvalue weighted by molar-refractivity contribution is 0.466. The summed E-state index contributed by atoms with van der Waals surface area (Å²) in [6.07, 6.45) is 3.58. The third kappa shape index (κ3) is 2.60. The van der Waals surface area contributed by atoms with Gasteiger partial charge in [0, 0.05) is 12.4 Å². The van der Waals surface area contributed by atoms with Crippen molar-refractivity contribution >= 4 is 21.9 Å². The minimum Gasteiger partial charge on any atom is -0.438 e. The SMILES string of the molecule is Cc1nc(Oc2ccc(-n3ncc4ccccc43)cc2)c2cnn(C)c2n1. The van der Waals surface area contributed by atoms with E-state index in [1.165, 1.54) is 0 Å². The number of ether oxygens (including phenoxy) is 1. The fourth-order valence-corrected chi connectivity index (χ4v) is 3.12. The quantitative estimate of drug-likeness (QED) is 0.492. The molecular weight excluding hydrogens is 340 g/mol. The van der Waals surface area contributed by atoms with Crippen molar-refractivity contribution in [1.29, 1.82) is 0 Å². The van der Waals surface area contributed by atoms with Crippen molar-refractivity contribution in [3.8, 4) is 17.3 Å². The monoisotopic (exact) mass is 356 g/mol. The highest BCUT2D eigenvalue weighted by atomic mass is 16.5. The number of aromatic nitrogens is 6. The molecule has 5 aromatic rings. The average Bonchev–Trinajstić information content (AvgIpc) is 3.27. The van der Waals surface area contributed by atoms with Crippen LogP contribution in [-0.2, 0) is 7.05 Å². The van der Waals surface area contributed by atoms with Gasteiger partial charge in [0.2, 0.25) is 5.88 Å². The maximum absolute atomic E-state index is 6.01. The fraction of sp³-hybridized carbons (Fsp3) is 0.100. The number of rotatable bonds is 3. The Kier molecular flexibility index (Phi) is 3.39. The lowest BCUT2D eigenvalue weighted by atomic mass is 10.2. The van der Waals surface area contributed by atoms with Crippen LogP contribution in [0.4, 0.5) is 0 Å². The molecule has 0 aliphatic carbocycles. The van der Waals surface area contributed by atoms with E-state index in [1.54, 1.807) is 10.9 Å². The predicted octanol–water partition coefficient (Wildman–Crippen LogP) is 3.80. The Morgan fingerprint density at radius 1 is 0.889 bits per heavy atom. The van der Waals surface area contributed by atoms with Gasteiger partial charge in [-0.2, -0.15) is 15.2 Å². The standard InChI is InChI=1S/C20H16N6O/c1-13-23-19-17(12-21-25(19)2)20(24-13)27-16-9-7-15(8-10-16)26-18-6-4-3-5-14(18)11-22-26/h3-12H,1-2H3. The second kappa shape index (κ2) is 5.91. The van der Waals surface area contributed by atoms with Crippen LogP contribution in [0.3, 0.4) is 0 Å². The van der Waals surface area contributed by atoms with E-state index in [1.807, 2.05) is 67.3 Å². The van der Waals surface area contributed by atoms with E-state index in [2.05, 4.69) is 26.2 Å². The molecule has 0 aliphatic rings. The summed E-state index contributed by atoms with van der Waals surface area (Å²) in [7, 11) is 1.85. The van der Waals surface area contributed by atoms with Crippen LogP contribution in [0.5, 0.6) is 11.6 Å². The van der Waals surface area contributed by atoms with Crippen molar-refractivity contribution in [3.63, 3.8) is 0 Å². The van der Waals surface area contributed by atoms with Crippen molar-refractivity contribution in [1.82, 2.24) is 29.5 Å². The molecule has 2 aromatic carbocycles. The van der Waals surface area contributed by atoms with E-state index in [0.29, 0.717) is 17.5 Å².